The van der Waals surface area contributed by atoms with Gasteiger partial charge in [0.25, 0.3) is 10.0 Å². The first kappa shape index (κ1) is 31.8. The summed E-state index contributed by atoms with van der Waals surface area (Å²) in [4.78, 5) is 29.0. The lowest BCUT2D eigenvalue weighted by atomic mass is 9.95. The topological polar surface area (TPSA) is 86.8 Å². The van der Waals surface area contributed by atoms with Gasteiger partial charge in [-0.2, -0.15) is 0 Å². The smallest absolute Gasteiger partial charge is 0.264 e. The van der Waals surface area contributed by atoms with Crippen LogP contribution < -0.4 is 9.62 Å². The summed E-state index contributed by atoms with van der Waals surface area (Å²) in [6.07, 6.45) is 5.19. The van der Waals surface area contributed by atoms with Crippen molar-refractivity contribution in [3.63, 3.8) is 0 Å². The molecule has 0 aromatic heterocycles. The molecule has 1 fully saturated rings. The van der Waals surface area contributed by atoms with Gasteiger partial charge in [0.2, 0.25) is 11.8 Å². The summed E-state index contributed by atoms with van der Waals surface area (Å²) >= 11 is 12.5. The SMILES string of the molecule is CC[C@H](C(=O)NC1CCCCC1)N(Cc1ccc(F)cc1)C(=O)CN(c1cc(Cl)cc(Cl)c1)S(=O)(=O)c1ccccc1. The second-order valence-corrected chi connectivity index (χ2v) is 13.1. The lowest BCUT2D eigenvalue weighted by Gasteiger charge is -2.34. The van der Waals surface area contributed by atoms with Crippen LogP contribution in [-0.2, 0) is 26.2 Å². The maximum atomic E-state index is 14.1. The molecule has 0 bridgehead atoms. The van der Waals surface area contributed by atoms with Crippen molar-refractivity contribution in [1.29, 1.82) is 0 Å². The summed E-state index contributed by atoms with van der Waals surface area (Å²) in [5.74, 6) is -1.35. The molecule has 0 aliphatic heterocycles. The lowest BCUT2D eigenvalue weighted by molar-refractivity contribution is -0.140. The van der Waals surface area contributed by atoms with E-state index in [9.17, 15) is 22.4 Å². The quantitative estimate of drug-likeness (QED) is 0.258. The van der Waals surface area contributed by atoms with Gasteiger partial charge >= 0.3 is 0 Å². The Hall–Kier alpha value is -3.14. The molecule has 1 saturated carbocycles. The Kier molecular flexibility index (Phi) is 10.9. The number of carbonyl (C=O) groups is 2. The molecule has 7 nitrogen and oxygen atoms in total. The summed E-state index contributed by atoms with van der Waals surface area (Å²) in [6, 6.07) is 16.8. The zero-order valence-electron chi connectivity index (χ0n) is 23.3. The number of nitrogens with one attached hydrogen (secondary N) is 1. The van der Waals surface area contributed by atoms with Crippen molar-refractivity contribution in [3.8, 4) is 0 Å². The first-order valence-corrected chi connectivity index (χ1v) is 16.2. The average molecular weight is 635 g/mol. The predicted molar refractivity (Wildman–Crippen MR) is 163 cm³/mol. The Bertz CT molecular complexity index is 1460. The first-order valence-electron chi connectivity index (χ1n) is 14.0. The molecule has 0 saturated heterocycles. The fourth-order valence-corrected chi connectivity index (χ4v) is 7.12. The fraction of sp³-hybridized carbons (Fsp3) is 0.355. The van der Waals surface area contributed by atoms with Crippen molar-refractivity contribution >= 4 is 50.7 Å². The van der Waals surface area contributed by atoms with Gasteiger partial charge in [-0.05, 0) is 67.3 Å². The second kappa shape index (κ2) is 14.4. The molecule has 11 heteroatoms. The normalized spacial score (nSPS) is 14.7. The summed E-state index contributed by atoms with van der Waals surface area (Å²) in [5.41, 5.74) is 0.697. The standard InChI is InChI=1S/C31H34Cl2FN3O4S/c1-2-29(31(39)35-26-9-5-3-6-10-26)36(20-22-13-15-25(34)16-14-22)30(38)21-37(27-18-23(32)17-24(33)19-27)42(40,41)28-11-7-4-8-12-28/h4,7-8,11-19,26,29H,2-3,5-6,9-10,20-21H2,1H3,(H,35,39)/t29-/m1/s1. The summed E-state index contributed by atoms with van der Waals surface area (Å²) in [7, 11) is -4.25. The van der Waals surface area contributed by atoms with Crippen LogP contribution in [0.2, 0.25) is 10.0 Å². The number of amides is 2. The predicted octanol–water partition coefficient (Wildman–Crippen LogP) is 6.58. The van der Waals surface area contributed by atoms with Gasteiger partial charge in [-0.3, -0.25) is 13.9 Å². The van der Waals surface area contributed by atoms with Gasteiger partial charge in [0, 0.05) is 22.6 Å². The first-order chi connectivity index (χ1) is 20.1. The third-order valence-corrected chi connectivity index (χ3v) is 9.57. The minimum atomic E-state index is -4.25. The Morgan fingerprint density at radius 3 is 2.17 bits per heavy atom. The molecular weight excluding hydrogens is 600 g/mol. The van der Waals surface area contributed by atoms with Gasteiger partial charge in [0.05, 0.1) is 10.6 Å². The number of rotatable bonds is 11. The molecule has 0 radical (unpaired) electrons. The minimum Gasteiger partial charge on any atom is -0.352 e. The number of sulfonamides is 1. The molecule has 1 N–H and O–H groups in total. The second-order valence-electron chi connectivity index (χ2n) is 10.4. The zero-order chi connectivity index (χ0) is 30.3. The monoisotopic (exact) mass is 633 g/mol. The van der Waals surface area contributed by atoms with E-state index in [4.69, 9.17) is 23.2 Å². The average Bonchev–Trinajstić information content (AvgIpc) is 2.97. The van der Waals surface area contributed by atoms with E-state index in [1.807, 2.05) is 0 Å². The molecule has 0 unspecified atom stereocenters. The highest BCUT2D eigenvalue weighted by atomic mass is 35.5. The lowest BCUT2D eigenvalue weighted by Crippen LogP contribution is -2.54. The Morgan fingerprint density at radius 1 is 0.952 bits per heavy atom. The molecule has 3 aromatic carbocycles. The van der Waals surface area contributed by atoms with Crippen LogP contribution in [0.5, 0.6) is 0 Å². The van der Waals surface area contributed by atoms with Crippen molar-refractivity contribution in [1.82, 2.24) is 10.2 Å². The zero-order valence-corrected chi connectivity index (χ0v) is 25.6. The van der Waals surface area contributed by atoms with E-state index in [0.717, 1.165) is 36.4 Å². The summed E-state index contributed by atoms with van der Waals surface area (Å²) in [5, 5.41) is 3.48. The van der Waals surface area contributed by atoms with Crippen molar-refractivity contribution in [2.24, 2.45) is 0 Å². The molecule has 224 valence electrons. The highest BCUT2D eigenvalue weighted by Crippen LogP contribution is 2.30. The van der Waals surface area contributed by atoms with Crippen LogP contribution in [0.15, 0.2) is 77.7 Å². The van der Waals surface area contributed by atoms with Crippen LogP contribution in [0.4, 0.5) is 10.1 Å². The van der Waals surface area contributed by atoms with Gasteiger partial charge in [0.1, 0.15) is 18.4 Å². The molecular formula is C31H34Cl2FN3O4S. The summed E-state index contributed by atoms with van der Waals surface area (Å²) < 4.78 is 42.4. The minimum absolute atomic E-state index is 0.0200. The van der Waals surface area contributed by atoms with Gasteiger partial charge in [-0.15, -0.1) is 0 Å². The highest BCUT2D eigenvalue weighted by Gasteiger charge is 2.34. The van der Waals surface area contributed by atoms with Crippen molar-refractivity contribution in [2.45, 2.75) is 69.0 Å². The van der Waals surface area contributed by atoms with E-state index in [0.29, 0.717) is 12.0 Å². The molecule has 2 amide bonds. The van der Waals surface area contributed by atoms with Gasteiger partial charge in [-0.25, -0.2) is 12.8 Å². The number of hydrogen-bond donors (Lipinski definition) is 1. The number of nitrogens with zero attached hydrogens (tertiary/aromatic N) is 2. The Balaban J connectivity index is 1.71. The molecule has 1 aliphatic rings. The van der Waals surface area contributed by atoms with Crippen LogP contribution in [0.25, 0.3) is 0 Å². The van der Waals surface area contributed by atoms with Crippen LogP contribution in [-0.4, -0.2) is 43.8 Å². The number of benzene rings is 3. The molecule has 3 aromatic rings. The van der Waals surface area contributed by atoms with Crippen LogP contribution in [0.1, 0.15) is 51.0 Å². The van der Waals surface area contributed by atoms with E-state index < -0.39 is 34.3 Å². The molecule has 42 heavy (non-hydrogen) atoms. The third kappa shape index (κ3) is 8.02. The third-order valence-electron chi connectivity index (χ3n) is 7.35. The van der Waals surface area contributed by atoms with Crippen molar-refractivity contribution < 1.29 is 22.4 Å². The molecule has 0 spiro atoms. The summed E-state index contributed by atoms with van der Waals surface area (Å²) in [6.45, 7) is 1.15. The molecule has 0 heterocycles. The maximum absolute atomic E-state index is 14.1. The van der Waals surface area contributed by atoms with Crippen molar-refractivity contribution in [2.75, 3.05) is 10.8 Å². The number of carbonyl (C=O) groups excluding carboxylic acids is 2. The van der Waals surface area contributed by atoms with Crippen LogP contribution in [0, 0.1) is 5.82 Å². The molecule has 1 atom stereocenters. The number of anilines is 1. The van der Waals surface area contributed by atoms with E-state index in [1.54, 1.807) is 25.1 Å². The van der Waals surface area contributed by atoms with E-state index in [2.05, 4.69) is 5.32 Å². The Morgan fingerprint density at radius 2 is 1.57 bits per heavy atom. The largest absolute Gasteiger partial charge is 0.352 e. The fourth-order valence-electron chi connectivity index (χ4n) is 5.18. The van der Waals surface area contributed by atoms with Gasteiger partial charge in [-0.1, -0.05) is 79.7 Å². The van der Waals surface area contributed by atoms with Gasteiger partial charge < -0.3 is 10.2 Å². The molecule has 4 rings (SSSR count). The van der Waals surface area contributed by atoms with E-state index in [-0.39, 0.29) is 39.1 Å². The molecule has 1 aliphatic carbocycles. The maximum Gasteiger partial charge on any atom is 0.264 e. The van der Waals surface area contributed by atoms with Gasteiger partial charge in [0.15, 0.2) is 0 Å². The van der Waals surface area contributed by atoms with E-state index in [1.165, 1.54) is 59.5 Å². The highest BCUT2D eigenvalue weighted by molar-refractivity contribution is 7.92. The van der Waals surface area contributed by atoms with E-state index >= 15 is 0 Å². The number of halogens is 3. The number of hydrogen-bond acceptors (Lipinski definition) is 4. The van der Waals surface area contributed by atoms with Crippen molar-refractivity contribution in [3.05, 3.63) is 94.2 Å². The van der Waals surface area contributed by atoms with Crippen LogP contribution in [0.3, 0.4) is 0 Å². The Labute approximate surface area is 256 Å². The van der Waals surface area contributed by atoms with Crippen LogP contribution >= 0.6 is 23.2 Å².